The maximum absolute atomic E-state index is 14.0. The number of hydrogen-bond acceptors (Lipinski definition) is 5. The number of imide groups is 1. The van der Waals surface area contributed by atoms with Crippen LogP contribution in [0.15, 0.2) is 77.4 Å². The molecule has 4 unspecified atom stereocenters. The van der Waals surface area contributed by atoms with E-state index in [0.29, 0.717) is 26.5 Å². The first-order valence-electron chi connectivity index (χ1n) is 11.5. The molecular weight excluding hydrogens is 544 g/mol. The molecule has 0 saturated carbocycles. The molecule has 3 aromatic carbocycles. The Bertz CT molecular complexity index is 1450. The summed E-state index contributed by atoms with van der Waals surface area (Å²) in [7, 11) is 1.55. The van der Waals surface area contributed by atoms with Gasteiger partial charge >= 0.3 is 0 Å². The zero-order valence-corrected chi connectivity index (χ0v) is 21.4. The van der Waals surface area contributed by atoms with Crippen molar-refractivity contribution in [1.82, 2.24) is 4.90 Å². The zero-order chi connectivity index (χ0) is 25.1. The maximum Gasteiger partial charge on any atom is 0.240 e. The quantitative estimate of drug-likeness (QED) is 0.309. The number of hydrogen-bond donors (Lipinski definition) is 0. The van der Waals surface area contributed by atoms with Gasteiger partial charge in [0.15, 0.2) is 5.78 Å². The lowest BCUT2D eigenvalue weighted by Gasteiger charge is -2.35. The van der Waals surface area contributed by atoms with E-state index in [1.165, 1.54) is 4.90 Å². The first-order valence-corrected chi connectivity index (χ1v) is 12.6. The molecule has 0 aromatic heterocycles. The standard InChI is InChI=1S/C28H20BrClN2O4/c1-36-21-11-6-16(14-20(21)29)26(33)25-23-22(24-19-5-3-2-4-15(19)12-13-31(24)25)27(34)32(28(23)35)18-9-7-17(30)8-10-18/h2-14,22-25H,1H3. The molecule has 36 heavy (non-hydrogen) atoms. The molecule has 3 heterocycles. The number of Topliss-reactive ketones (excluding diaryl/α,β-unsaturated/α-hetero) is 1. The molecule has 0 N–H and O–H groups in total. The smallest absolute Gasteiger partial charge is 0.240 e. The lowest BCUT2D eigenvalue weighted by Crippen LogP contribution is -2.44. The van der Waals surface area contributed by atoms with Crippen LogP contribution in [0, 0.1) is 11.8 Å². The summed E-state index contributed by atoms with van der Waals surface area (Å²) >= 11 is 9.49. The molecule has 0 bridgehead atoms. The van der Waals surface area contributed by atoms with Crippen LogP contribution in [-0.2, 0) is 9.59 Å². The number of fused-ring (bicyclic) bond motifs is 5. The van der Waals surface area contributed by atoms with Crippen LogP contribution in [-0.4, -0.2) is 35.6 Å². The molecule has 0 aliphatic carbocycles. The number of amides is 2. The minimum atomic E-state index is -0.835. The third kappa shape index (κ3) is 3.33. The molecule has 3 aliphatic heterocycles. The van der Waals surface area contributed by atoms with E-state index in [2.05, 4.69) is 15.9 Å². The van der Waals surface area contributed by atoms with Crippen LogP contribution in [0.25, 0.3) is 6.08 Å². The van der Waals surface area contributed by atoms with Crippen molar-refractivity contribution in [2.75, 3.05) is 12.0 Å². The Kier molecular flexibility index (Phi) is 5.50. The van der Waals surface area contributed by atoms with E-state index in [0.717, 1.165) is 11.1 Å². The van der Waals surface area contributed by atoms with E-state index < -0.39 is 23.9 Å². The fourth-order valence-electron chi connectivity index (χ4n) is 5.69. The van der Waals surface area contributed by atoms with Gasteiger partial charge in [0.1, 0.15) is 11.8 Å². The highest BCUT2D eigenvalue weighted by atomic mass is 79.9. The summed E-state index contributed by atoms with van der Waals surface area (Å²) < 4.78 is 5.94. The number of carbonyl (C=O) groups is 3. The normalized spacial score (nSPS) is 24.0. The Labute approximate surface area is 221 Å². The van der Waals surface area contributed by atoms with Crippen molar-refractivity contribution < 1.29 is 19.1 Å². The lowest BCUT2D eigenvalue weighted by molar-refractivity contribution is -0.123. The Morgan fingerprint density at radius 3 is 2.42 bits per heavy atom. The molecule has 0 spiro atoms. The van der Waals surface area contributed by atoms with Gasteiger partial charge in [-0.15, -0.1) is 0 Å². The number of ketones is 1. The Balaban J connectivity index is 1.48. The summed E-state index contributed by atoms with van der Waals surface area (Å²) in [6.07, 6.45) is 3.78. The second-order valence-corrected chi connectivity index (χ2v) is 10.3. The average Bonchev–Trinajstić information content (AvgIpc) is 3.36. The first kappa shape index (κ1) is 23.0. The van der Waals surface area contributed by atoms with Gasteiger partial charge in [-0.05, 0) is 75.6 Å². The molecule has 2 saturated heterocycles. The van der Waals surface area contributed by atoms with E-state index in [1.807, 2.05) is 41.4 Å². The molecule has 3 aliphatic rings. The van der Waals surface area contributed by atoms with Crippen molar-refractivity contribution in [3.63, 3.8) is 0 Å². The topological polar surface area (TPSA) is 66.9 Å². The predicted octanol–water partition coefficient (Wildman–Crippen LogP) is 5.51. The number of rotatable bonds is 4. The summed E-state index contributed by atoms with van der Waals surface area (Å²) in [6.45, 7) is 0. The molecule has 4 atom stereocenters. The van der Waals surface area contributed by atoms with Gasteiger partial charge in [0, 0.05) is 16.8 Å². The van der Waals surface area contributed by atoms with Gasteiger partial charge in [-0.2, -0.15) is 0 Å². The number of benzene rings is 3. The summed E-state index contributed by atoms with van der Waals surface area (Å²) in [6, 6.07) is 18.2. The molecule has 2 fully saturated rings. The van der Waals surface area contributed by atoms with Gasteiger partial charge in [-0.1, -0.05) is 35.9 Å². The SMILES string of the molecule is COc1ccc(C(=O)C2C3C(=O)N(c4ccc(Cl)cc4)C(=O)C3C3c4ccccc4C=CN23)cc1Br. The van der Waals surface area contributed by atoms with E-state index in [9.17, 15) is 14.4 Å². The van der Waals surface area contributed by atoms with Gasteiger partial charge in [-0.3, -0.25) is 14.4 Å². The highest BCUT2D eigenvalue weighted by molar-refractivity contribution is 9.10. The molecule has 6 nitrogen and oxygen atoms in total. The summed E-state index contributed by atoms with van der Waals surface area (Å²) in [4.78, 5) is 44.9. The van der Waals surface area contributed by atoms with Gasteiger partial charge in [0.05, 0.1) is 35.1 Å². The van der Waals surface area contributed by atoms with Crippen LogP contribution in [0.4, 0.5) is 5.69 Å². The van der Waals surface area contributed by atoms with Crippen LogP contribution in [0.2, 0.25) is 5.02 Å². The fourth-order valence-corrected chi connectivity index (χ4v) is 6.36. The Morgan fingerprint density at radius 1 is 0.972 bits per heavy atom. The van der Waals surface area contributed by atoms with Gasteiger partial charge in [-0.25, -0.2) is 4.90 Å². The average molecular weight is 564 g/mol. The summed E-state index contributed by atoms with van der Waals surface area (Å²) in [5.74, 6) is -1.84. The predicted molar refractivity (Wildman–Crippen MR) is 140 cm³/mol. The Morgan fingerprint density at radius 2 is 1.69 bits per heavy atom. The Hall–Kier alpha value is -3.42. The van der Waals surface area contributed by atoms with E-state index >= 15 is 0 Å². The second kappa shape index (κ2) is 8.61. The molecule has 6 rings (SSSR count). The highest BCUT2D eigenvalue weighted by Crippen LogP contribution is 2.53. The number of halogens is 2. The monoisotopic (exact) mass is 562 g/mol. The summed E-state index contributed by atoms with van der Waals surface area (Å²) in [5, 5.41) is 0.508. The number of methoxy groups -OCH3 is 1. The van der Waals surface area contributed by atoms with Crippen LogP contribution < -0.4 is 9.64 Å². The van der Waals surface area contributed by atoms with Crippen LogP contribution in [0.1, 0.15) is 27.5 Å². The molecule has 180 valence electrons. The van der Waals surface area contributed by atoms with Crippen molar-refractivity contribution in [1.29, 1.82) is 0 Å². The largest absolute Gasteiger partial charge is 0.496 e. The minimum Gasteiger partial charge on any atom is -0.496 e. The van der Waals surface area contributed by atoms with Crippen molar-refractivity contribution in [3.05, 3.63) is 99.1 Å². The lowest BCUT2D eigenvalue weighted by atomic mass is 9.83. The van der Waals surface area contributed by atoms with Crippen molar-refractivity contribution in [2.45, 2.75) is 12.1 Å². The minimum absolute atomic E-state index is 0.223. The van der Waals surface area contributed by atoms with E-state index in [-0.39, 0.29) is 17.6 Å². The molecular formula is C28H20BrClN2O4. The van der Waals surface area contributed by atoms with Gasteiger partial charge in [0.2, 0.25) is 11.8 Å². The third-order valence-electron chi connectivity index (χ3n) is 7.25. The summed E-state index contributed by atoms with van der Waals surface area (Å²) in [5.41, 5.74) is 2.79. The number of ether oxygens (including phenoxy) is 1. The van der Waals surface area contributed by atoms with Gasteiger partial charge in [0.25, 0.3) is 0 Å². The van der Waals surface area contributed by atoms with Crippen LogP contribution in [0.5, 0.6) is 5.75 Å². The van der Waals surface area contributed by atoms with E-state index in [4.69, 9.17) is 16.3 Å². The molecule has 8 heteroatoms. The van der Waals surface area contributed by atoms with Crippen molar-refractivity contribution >= 4 is 56.9 Å². The van der Waals surface area contributed by atoms with E-state index in [1.54, 1.807) is 49.6 Å². The zero-order valence-electron chi connectivity index (χ0n) is 19.1. The first-order chi connectivity index (χ1) is 17.4. The van der Waals surface area contributed by atoms with Gasteiger partial charge < -0.3 is 9.64 Å². The maximum atomic E-state index is 14.0. The highest BCUT2D eigenvalue weighted by Gasteiger charge is 2.64. The van der Waals surface area contributed by atoms with Crippen LogP contribution >= 0.6 is 27.5 Å². The molecule has 0 radical (unpaired) electrons. The number of nitrogens with zero attached hydrogens (tertiary/aromatic N) is 2. The molecule has 2 amide bonds. The fraction of sp³-hybridized carbons (Fsp3) is 0.179. The second-order valence-electron chi connectivity index (χ2n) is 9.03. The number of anilines is 1. The van der Waals surface area contributed by atoms with Crippen LogP contribution in [0.3, 0.4) is 0 Å². The van der Waals surface area contributed by atoms with Crippen molar-refractivity contribution in [3.8, 4) is 5.75 Å². The molecule has 3 aromatic rings. The third-order valence-corrected chi connectivity index (χ3v) is 8.12. The number of carbonyl (C=O) groups excluding carboxylic acids is 3. The van der Waals surface area contributed by atoms with Crippen molar-refractivity contribution in [2.24, 2.45) is 11.8 Å².